The van der Waals surface area contributed by atoms with Crippen LogP contribution in [0.3, 0.4) is 0 Å². The van der Waals surface area contributed by atoms with Crippen molar-refractivity contribution in [2.24, 2.45) is 0 Å². The van der Waals surface area contributed by atoms with E-state index in [-0.39, 0.29) is 6.61 Å². The minimum absolute atomic E-state index is 0.276. The van der Waals surface area contributed by atoms with Crippen LogP contribution in [-0.2, 0) is 4.79 Å². The quantitative estimate of drug-likeness (QED) is 0.824. The van der Waals surface area contributed by atoms with Crippen molar-refractivity contribution in [2.45, 2.75) is 26.4 Å². The van der Waals surface area contributed by atoms with Crippen LogP contribution in [0.25, 0.3) is 0 Å². The molecule has 6 heteroatoms. The maximum Gasteiger partial charge on any atom is 0.265 e. The summed E-state index contributed by atoms with van der Waals surface area (Å²) in [6, 6.07) is 5.57. The molecule has 0 radical (unpaired) electrons. The van der Waals surface area contributed by atoms with Gasteiger partial charge in [0.05, 0.1) is 0 Å². The van der Waals surface area contributed by atoms with Gasteiger partial charge in [-0.15, -0.1) is 0 Å². The van der Waals surface area contributed by atoms with Crippen molar-refractivity contribution >= 4 is 5.91 Å². The van der Waals surface area contributed by atoms with Gasteiger partial charge < -0.3 is 15.2 Å². The van der Waals surface area contributed by atoms with Crippen LogP contribution >= 0.6 is 0 Å². The number of carbonyl (C=O) groups is 1. The van der Waals surface area contributed by atoms with E-state index in [9.17, 15) is 13.6 Å². The number of para-hydroxylation sites is 1. The number of amides is 1. The first-order valence-corrected chi connectivity index (χ1v) is 5.83. The fourth-order valence-electron chi connectivity index (χ4n) is 1.52. The van der Waals surface area contributed by atoms with Crippen molar-refractivity contribution in [3.63, 3.8) is 0 Å². The summed E-state index contributed by atoms with van der Waals surface area (Å²) >= 11 is 0. The lowest BCUT2D eigenvalue weighted by atomic mass is 10.1. The Morgan fingerprint density at radius 1 is 1.37 bits per heavy atom. The van der Waals surface area contributed by atoms with Crippen LogP contribution in [-0.4, -0.2) is 36.7 Å². The number of hydrogen-bond acceptors (Lipinski definition) is 3. The van der Waals surface area contributed by atoms with E-state index in [0.717, 1.165) is 11.1 Å². The van der Waals surface area contributed by atoms with E-state index < -0.39 is 25.0 Å². The Kier molecular flexibility index (Phi) is 5.69. The van der Waals surface area contributed by atoms with E-state index in [4.69, 9.17) is 9.84 Å². The number of aliphatic hydroxyl groups excluding tert-OH is 1. The summed E-state index contributed by atoms with van der Waals surface area (Å²) in [6.45, 7) is 2.93. The number of halogens is 2. The van der Waals surface area contributed by atoms with Crippen molar-refractivity contribution < 1.29 is 23.4 Å². The summed E-state index contributed by atoms with van der Waals surface area (Å²) < 4.78 is 29.3. The third-order valence-electron chi connectivity index (χ3n) is 2.56. The number of aliphatic hydroxyl groups is 1. The number of alkyl halides is 2. The molecule has 2 N–H and O–H groups in total. The van der Waals surface area contributed by atoms with Gasteiger partial charge in [-0.1, -0.05) is 18.2 Å². The molecule has 0 aliphatic carbocycles. The van der Waals surface area contributed by atoms with E-state index in [1.54, 1.807) is 0 Å². The molecule has 0 spiro atoms. The zero-order valence-corrected chi connectivity index (χ0v) is 10.8. The normalized spacial score (nSPS) is 12.3. The van der Waals surface area contributed by atoms with Crippen LogP contribution in [0.15, 0.2) is 18.2 Å². The predicted molar refractivity (Wildman–Crippen MR) is 66.4 cm³/mol. The Morgan fingerprint density at radius 3 is 2.47 bits per heavy atom. The molecule has 0 aromatic heterocycles. The highest BCUT2D eigenvalue weighted by atomic mass is 19.3. The molecule has 1 aromatic rings. The topological polar surface area (TPSA) is 58.6 Å². The lowest BCUT2D eigenvalue weighted by Crippen LogP contribution is -2.38. The van der Waals surface area contributed by atoms with Crippen LogP contribution in [0.2, 0.25) is 0 Å². The second-order valence-corrected chi connectivity index (χ2v) is 4.22. The van der Waals surface area contributed by atoms with E-state index in [1.165, 1.54) is 0 Å². The van der Waals surface area contributed by atoms with Gasteiger partial charge in [0, 0.05) is 6.54 Å². The molecule has 1 amide bonds. The van der Waals surface area contributed by atoms with Crippen LogP contribution in [0.1, 0.15) is 11.1 Å². The Labute approximate surface area is 110 Å². The second kappa shape index (κ2) is 7.04. The van der Waals surface area contributed by atoms with Gasteiger partial charge in [-0.25, -0.2) is 8.78 Å². The zero-order valence-electron chi connectivity index (χ0n) is 10.8. The van der Waals surface area contributed by atoms with Crippen molar-refractivity contribution in [2.75, 3.05) is 13.2 Å². The number of ether oxygens (including phenoxy) is 1. The molecule has 0 aliphatic heterocycles. The molecule has 0 saturated heterocycles. The minimum Gasteiger partial charge on any atom is -0.483 e. The van der Waals surface area contributed by atoms with E-state index >= 15 is 0 Å². The fraction of sp³-hybridized carbons (Fsp3) is 0.462. The molecular formula is C13H17F2NO3. The Hall–Kier alpha value is -1.69. The van der Waals surface area contributed by atoms with Gasteiger partial charge in [-0.3, -0.25) is 4.79 Å². The third-order valence-corrected chi connectivity index (χ3v) is 2.56. The number of nitrogens with one attached hydrogen (secondary N) is 1. The van der Waals surface area contributed by atoms with E-state index in [2.05, 4.69) is 5.32 Å². The molecule has 1 aromatic carbocycles. The van der Waals surface area contributed by atoms with Gasteiger partial charge in [-0.05, 0) is 25.0 Å². The Bertz CT molecular complexity index is 418. The van der Waals surface area contributed by atoms with Gasteiger partial charge in [0.2, 0.25) is 0 Å². The largest absolute Gasteiger partial charge is 0.483 e. The molecule has 106 valence electrons. The Morgan fingerprint density at radius 2 is 1.95 bits per heavy atom. The molecule has 0 bridgehead atoms. The highest BCUT2D eigenvalue weighted by molar-refractivity contribution is 5.77. The van der Waals surface area contributed by atoms with E-state index in [1.807, 2.05) is 32.0 Å². The maximum atomic E-state index is 12.0. The average molecular weight is 273 g/mol. The van der Waals surface area contributed by atoms with E-state index in [0.29, 0.717) is 5.75 Å². The molecular weight excluding hydrogens is 256 g/mol. The van der Waals surface area contributed by atoms with Gasteiger partial charge in [0.1, 0.15) is 11.9 Å². The number of benzene rings is 1. The molecule has 1 rings (SSSR count). The average Bonchev–Trinajstić information content (AvgIpc) is 2.35. The van der Waals surface area contributed by atoms with Crippen LogP contribution in [0.5, 0.6) is 5.75 Å². The first-order valence-electron chi connectivity index (χ1n) is 5.83. The van der Waals surface area contributed by atoms with Gasteiger partial charge in [0.25, 0.3) is 12.3 Å². The van der Waals surface area contributed by atoms with Crippen molar-refractivity contribution in [3.05, 3.63) is 29.3 Å². The summed E-state index contributed by atoms with van der Waals surface area (Å²) in [5, 5.41) is 11.0. The van der Waals surface area contributed by atoms with Crippen LogP contribution < -0.4 is 10.1 Å². The number of carbonyl (C=O) groups excluding carboxylic acids is 1. The smallest absolute Gasteiger partial charge is 0.265 e. The monoisotopic (exact) mass is 273 g/mol. The highest BCUT2D eigenvalue weighted by Gasteiger charge is 2.17. The minimum atomic E-state index is -2.88. The molecule has 1 atom stereocenters. The first kappa shape index (κ1) is 15.4. The number of aryl methyl sites for hydroxylation is 2. The molecule has 0 saturated carbocycles. The summed E-state index contributed by atoms with van der Waals surface area (Å²) in [7, 11) is 0. The molecule has 0 aliphatic rings. The lowest BCUT2D eigenvalue weighted by Gasteiger charge is -2.13. The number of hydrogen-bond donors (Lipinski definition) is 2. The van der Waals surface area contributed by atoms with Crippen LogP contribution in [0, 0.1) is 13.8 Å². The highest BCUT2D eigenvalue weighted by Crippen LogP contribution is 2.21. The van der Waals surface area contributed by atoms with Gasteiger partial charge in [0.15, 0.2) is 6.61 Å². The number of rotatable bonds is 6. The standard InChI is InChI=1S/C13H17F2NO3/c1-8-4-3-5-9(2)12(8)19-7-11(18)16-6-10(17)13(14)15/h3-5,10,13,17H,6-7H2,1-2H3,(H,16,18). The predicted octanol–water partition coefficient (Wildman–Crippen LogP) is 1.42. The SMILES string of the molecule is Cc1cccc(C)c1OCC(=O)NCC(O)C(F)F. The maximum absolute atomic E-state index is 12.0. The molecule has 4 nitrogen and oxygen atoms in total. The van der Waals surface area contributed by atoms with Crippen molar-refractivity contribution in [1.82, 2.24) is 5.32 Å². The lowest BCUT2D eigenvalue weighted by molar-refractivity contribution is -0.124. The summed E-state index contributed by atoms with van der Waals surface area (Å²) in [5.41, 5.74) is 1.78. The summed E-state index contributed by atoms with van der Waals surface area (Å²) in [4.78, 5) is 11.4. The molecule has 0 heterocycles. The van der Waals surface area contributed by atoms with Gasteiger partial charge >= 0.3 is 0 Å². The molecule has 19 heavy (non-hydrogen) atoms. The van der Waals surface area contributed by atoms with Crippen LogP contribution in [0.4, 0.5) is 8.78 Å². The first-order chi connectivity index (χ1) is 8.91. The van der Waals surface area contributed by atoms with Crippen molar-refractivity contribution in [1.29, 1.82) is 0 Å². The van der Waals surface area contributed by atoms with Crippen molar-refractivity contribution in [3.8, 4) is 5.75 Å². The zero-order chi connectivity index (χ0) is 14.4. The molecule has 0 fully saturated rings. The summed E-state index contributed by atoms with van der Waals surface area (Å²) in [6.07, 6.45) is -4.73. The Balaban J connectivity index is 2.42. The second-order valence-electron chi connectivity index (χ2n) is 4.22. The third kappa shape index (κ3) is 4.82. The fourth-order valence-corrected chi connectivity index (χ4v) is 1.52. The summed E-state index contributed by atoms with van der Waals surface area (Å²) in [5.74, 6) is 0.0504. The molecule has 1 unspecified atom stereocenters. The van der Waals surface area contributed by atoms with Gasteiger partial charge in [-0.2, -0.15) is 0 Å².